The first kappa shape index (κ1) is 6.58. The lowest BCUT2D eigenvalue weighted by Gasteiger charge is -2.07. The van der Waals surface area contributed by atoms with Gasteiger partial charge in [-0.1, -0.05) is 0 Å². The van der Waals surface area contributed by atoms with Crippen molar-refractivity contribution in [1.82, 2.24) is 5.32 Å². The summed E-state index contributed by atoms with van der Waals surface area (Å²) in [6.45, 7) is 0.911. The molecule has 2 heterocycles. The Kier molecular flexibility index (Phi) is 1.44. The average molecular weight is 162 g/mol. The molecule has 10 heavy (non-hydrogen) atoms. The maximum Gasteiger partial charge on any atom is 0.178 e. The van der Waals surface area contributed by atoms with Gasteiger partial charge in [0.05, 0.1) is 17.5 Å². The third-order valence-corrected chi connectivity index (χ3v) is 2.39. The summed E-state index contributed by atoms with van der Waals surface area (Å²) in [5, 5.41) is 2.98. The Bertz CT molecular complexity index is 173. The Balaban J connectivity index is 2.16. The van der Waals surface area contributed by atoms with Gasteiger partial charge in [0.2, 0.25) is 0 Å². The summed E-state index contributed by atoms with van der Waals surface area (Å²) in [7, 11) is 0. The second-order valence-electron chi connectivity index (χ2n) is 2.64. The van der Waals surface area contributed by atoms with E-state index in [1.807, 2.05) is 0 Å². The fraction of sp³-hybridized carbons (Fsp3) is 0.833. The van der Waals surface area contributed by atoms with Crippen molar-refractivity contribution < 1.29 is 9.53 Å². The van der Waals surface area contributed by atoms with Crippen molar-refractivity contribution in [3.8, 4) is 0 Å². The second-order valence-corrected chi connectivity index (χ2v) is 3.20. The molecule has 56 valence electrons. The normalized spacial score (nSPS) is 46.1. The van der Waals surface area contributed by atoms with Crippen LogP contribution in [0.25, 0.3) is 0 Å². The zero-order valence-corrected chi connectivity index (χ0v) is 6.10. The van der Waals surface area contributed by atoms with Crippen LogP contribution in [-0.4, -0.2) is 36.5 Å². The molecule has 0 aliphatic carbocycles. The van der Waals surface area contributed by atoms with Crippen LogP contribution in [0.3, 0.4) is 0 Å². The molecule has 0 unspecified atom stereocenters. The monoisotopic (exact) mass is 161 g/mol. The molecule has 0 radical (unpaired) electrons. The number of carbonyl (C=O) groups is 1. The van der Waals surface area contributed by atoms with Crippen molar-refractivity contribution in [2.24, 2.45) is 0 Å². The molecule has 0 amide bonds. The van der Waals surface area contributed by atoms with Gasteiger partial charge in [-0.2, -0.15) is 0 Å². The first-order chi connectivity index (χ1) is 4.79. The molecule has 3 nitrogen and oxygen atoms in total. The second kappa shape index (κ2) is 2.19. The molecule has 4 heteroatoms. The lowest BCUT2D eigenvalue weighted by atomic mass is 10.1. The summed E-state index contributed by atoms with van der Waals surface area (Å²) in [6, 6.07) is -0.123. The van der Waals surface area contributed by atoms with Crippen LogP contribution < -0.4 is 5.32 Å². The van der Waals surface area contributed by atoms with Crippen molar-refractivity contribution in [3.05, 3.63) is 0 Å². The van der Waals surface area contributed by atoms with Gasteiger partial charge in [0.15, 0.2) is 5.78 Å². The van der Waals surface area contributed by atoms with E-state index in [2.05, 4.69) is 5.32 Å². The summed E-state index contributed by atoms with van der Waals surface area (Å²) in [5.74, 6) is 0.133. The number of nitrogens with one attached hydrogen (secondary N) is 1. The van der Waals surface area contributed by atoms with Crippen LogP contribution in [-0.2, 0) is 9.53 Å². The number of rotatable bonds is 0. The van der Waals surface area contributed by atoms with E-state index in [1.165, 1.54) is 0 Å². The van der Waals surface area contributed by atoms with Crippen LogP contribution in [0.1, 0.15) is 0 Å². The number of ether oxygens (including phenoxy) is 1. The molecule has 0 aromatic heterocycles. The van der Waals surface area contributed by atoms with Crippen molar-refractivity contribution in [3.63, 3.8) is 0 Å². The summed E-state index contributed by atoms with van der Waals surface area (Å²) in [4.78, 5) is 11.0. The topological polar surface area (TPSA) is 38.3 Å². The maximum atomic E-state index is 11.0. The molecule has 1 N–H and O–H groups in total. The van der Waals surface area contributed by atoms with Crippen molar-refractivity contribution in [1.29, 1.82) is 0 Å². The Labute approximate surface area is 63.7 Å². The fourth-order valence-corrected chi connectivity index (χ4v) is 1.75. The van der Waals surface area contributed by atoms with Gasteiger partial charge in [-0.3, -0.25) is 4.79 Å². The zero-order valence-electron chi connectivity index (χ0n) is 5.34. The Morgan fingerprint density at radius 2 is 2.50 bits per heavy atom. The SMILES string of the molecule is O=C1CO[C@@H]2[C@H](Cl)CN[C@H]12. The van der Waals surface area contributed by atoms with E-state index < -0.39 is 0 Å². The molecule has 0 bridgehead atoms. The highest BCUT2D eigenvalue weighted by Gasteiger charge is 2.44. The van der Waals surface area contributed by atoms with Gasteiger partial charge >= 0.3 is 0 Å². The van der Waals surface area contributed by atoms with Gasteiger partial charge in [-0.05, 0) is 0 Å². The van der Waals surface area contributed by atoms with E-state index in [-0.39, 0.29) is 29.9 Å². The largest absolute Gasteiger partial charge is 0.367 e. The maximum absolute atomic E-state index is 11.0. The molecular formula is C6H8ClNO2. The minimum Gasteiger partial charge on any atom is -0.367 e. The van der Waals surface area contributed by atoms with E-state index in [1.54, 1.807) is 0 Å². The van der Waals surface area contributed by atoms with Crippen LogP contribution in [0, 0.1) is 0 Å². The van der Waals surface area contributed by atoms with E-state index in [0.717, 1.165) is 0 Å². The van der Waals surface area contributed by atoms with Crippen molar-refractivity contribution in [2.45, 2.75) is 17.5 Å². The van der Waals surface area contributed by atoms with Crippen LogP contribution >= 0.6 is 11.6 Å². The molecular weight excluding hydrogens is 154 g/mol. The lowest BCUT2D eigenvalue weighted by molar-refractivity contribution is -0.119. The summed E-state index contributed by atoms with van der Waals surface area (Å²) < 4.78 is 5.16. The molecule has 3 atom stereocenters. The Hall–Kier alpha value is -0.120. The van der Waals surface area contributed by atoms with E-state index >= 15 is 0 Å². The lowest BCUT2D eigenvalue weighted by Crippen LogP contribution is -2.33. The molecule has 2 rings (SSSR count). The van der Waals surface area contributed by atoms with Gasteiger partial charge in [0.1, 0.15) is 6.61 Å². The summed E-state index contributed by atoms with van der Waals surface area (Å²) in [5.41, 5.74) is 0. The quantitative estimate of drug-likeness (QED) is 0.489. The Morgan fingerprint density at radius 1 is 1.70 bits per heavy atom. The van der Waals surface area contributed by atoms with E-state index in [4.69, 9.17) is 16.3 Å². The number of alkyl halides is 1. The number of Topliss-reactive ketones (excluding diaryl/α,β-unsaturated/α-hetero) is 1. The number of hydrogen-bond acceptors (Lipinski definition) is 3. The highest BCUT2D eigenvalue weighted by atomic mass is 35.5. The average Bonchev–Trinajstić information content (AvgIpc) is 2.41. The fourth-order valence-electron chi connectivity index (χ4n) is 1.45. The third-order valence-electron chi connectivity index (χ3n) is 1.98. The van der Waals surface area contributed by atoms with Crippen molar-refractivity contribution >= 4 is 17.4 Å². The molecule has 0 aromatic rings. The Morgan fingerprint density at radius 3 is 3.20 bits per heavy atom. The van der Waals surface area contributed by atoms with Gasteiger partial charge < -0.3 is 10.1 Å². The van der Waals surface area contributed by atoms with Gasteiger partial charge in [0, 0.05) is 6.54 Å². The summed E-state index contributed by atoms with van der Waals surface area (Å²) >= 11 is 5.84. The van der Waals surface area contributed by atoms with Gasteiger partial charge in [0.25, 0.3) is 0 Å². The van der Waals surface area contributed by atoms with E-state index in [9.17, 15) is 4.79 Å². The molecule has 2 aliphatic rings. The molecule has 0 spiro atoms. The molecule has 0 saturated carbocycles. The van der Waals surface area contributed by atoms with Gasteiger partial charge in [-0.25, -0.2) is 0 Å². The molecule has 2 aliphatic heterocycles. The number of ketones is 1. The first-order valence-corrected chi connectivity index (χ1v) is 3.74. The van der Waals surface area contributed by atoms with Crippen LogP contribution in [0.4, 0.5) is 0 Å². The number of hydrogen-bond donors (Lipinski definition) is 1. The zero-order chi connectivity index (χ0) is 7.14. The van der Waals surface area contributed by atoms with Gasteiger partial charge in [-0.15, -0.1) is 11.6 Å². The van der Waals surface area contributed by atoms with Crippen LogP contribution in [0.5, 0.6) is 0 Å². The van der Waals surface area contributed by atoms with Crippen LogP contribution in [0.15, 0.2) is 0 Å². The minimum atomic E-state index is -0.123. The van der Waals surface area contributed by atoms with E-state index in [0.29, 0.717) is 6.54 Å². The van der Waals surface area contributed by atoms with Crippen molar-refractivity contribution in [2.75, 3.05) is 13.2 Å². The molecule has 0 aromatic carbocycles. The number of halogens is 1. The first-order valence-electron chi connectivity index (χ1n) is 3.31. The predicted octanol–water partition coefficient (Wildman–Crippen LogP) is -0.467. The van der Waals surface area contributed by atoms with Crippen LogP contribution in [0.2, 0.25) is 0 Å². The third kappa shape index (κ3) is 0.779. The highest BCUT2D eigenvalue weighted by Crippen LogP contribution is 2.22. The molecule has 2 fully saturated rings. The number of carbonyl (C=O) groups excluding carboxylic acids is 1. The smallest absolute Gasteiger partial charge is 0.178 e. The minimum absolute atomic E-state index is 0.0311. The number of fused-ring (bicyclic) bond motifs is 1. The standard InChI is InChI=1S/C6H8ClNO2/c7-3-1-8-5-4(9)2-10-6(3)5/h3,5-6,8H,1-2H2/t3-,5-,6-/m1/s1. The predicted molar refractivity (Wildman–Crippen MR) is 36.2 cm³/mol. The molecule has 2 saturated heterocycles. The highest BCUT2D eigenvalue weighted by molar-refractivity contribution is 6.22. The summed E-state index contributed by atoms with van der Waals surface area (Å²) in [6.07, 6.45) is -0.0748.